The summed E-state index contributed by atoms with van der Waals surface area (Å²) in [6.07, 6.45) is 0. The quantitative estimate of drug-likeness (QED) is 0.803. The van der Waals surface area contributed by atoms with E-state index in [1.165, 1.54) is 0 Å². The average Bonchev–Trinajstić information content (AvgIpc) is 2.57. The Kier molecular flexibility index (Phi) is 4.49. The highest BCUT2D eigenvalue weighted by Crippen LogP contribution is 2.20. The van der Waals surface area contributed by atoms with Crippen LogP contribution in [-0.4, -0.2) is 16.1 Å². The van der Waals surface area contributed by atoms with Crippen LogP contribution in [0, 0.1) is 13.8 Å². The van der Waals surface area contributed by atoms with Gasteiger partial charge in [0.1, 0.15) is 6.04 Å². The van der Waals surface area contributed by atoms with E-state index in [0.717, 1.165) is 34.7 Å². The van der Waals surface area contributed by atoms with E-state index < -0.39 is 0 Å². The minimum Gasteiger partial charge on any atom is -0.338 e. The van der Waals surface area contributed by atoms with Gasteiger partial charge in [0.25, 0.3) is 5.56 Å². The second-order valence-corrected chi connectivity index (χ2v) is 6.35. The fourth-order valence-electron chi connectivity index (χ4n) is 3.11. The average molecular weight is 322 g/mol. The molecule has 4 nitrogen and oxygen atoms in total. The highest BCUT2D eigenvalue weighted by Gasteiger charge is 2.20. The molecule has 0 radical (unpaired) electrons. The van der Waals surface area contributed by atoms with Gasteiger partial charge in [0.2, 0.25) is 0 Å². The maximum absolute atomic E-state index is 13.2. The smallest absolute Gasteiger partial charge is 0.266 e. The van der Waals surface area contributed by atoms with Gasteiger partial charge in [-0.3, -0.25) is 9.36 Å². The number of fused-ring (bicyclic) bond motifs is 1. The van der Waals surface area contributed by atoms with Gasteiger partial charge in [0.15, 0.2) is 5.82 Å². The summed E-state index contributed by atoms with van der Waals surface area (Å²) in [5, 5.41) is 2.85. The molecule has 124 valence electrons. The number of hydrogen-bond donors (Lipinski definition) is 1. The molecule has 4 heteroatoms. The van der Waals surface area contributed by atoms with E-state index in [0.29, 0.717) is 5.39 Å². The molecule has 0 aliphatic heterocycles. The van der Waals surface area contributed by atoms with E-state index in [1.54, 1.807) is 4.57 Å². The third kappa shape index (κ3) is 2.85. The zero-order valence-corrected chi connectivity index (χ0v) is 14.7. The number of hydrogen-bond acceptors (Lipinski definition) is 2. The maximum atomic E-state index is 13.2. The zero-order chi connectivity index (χ0) is 17.3. The first kappa shape index (κ1) is 16.4. The highest BCUT2D eigenvalue weighted by molar-refractivity contribution is 5.78. The van der Waals surface area contributed by atoms with E-state index in [4.69, 9.17) is 4.98 Å². The van der Waals surface area contributed by atoms with Crippen molar-refractivity contribution in [2.75, 3.05) is 6.54 Å². The van der Waals surface area contributed by atoms with E-state index in [-0.39, 0.29) is 11.6 Å². The summed E-state index contributed by atoms with van der Waals surface area (Å²) in [6.45, 7) is 9.23. The van der Waals surface area contributed by atoms with Crippen LogP contribution in [0.4, 0.5) is 0 Å². The monoisotopic (exact) mass is 322 g/mol. The Labute approximate surface area is 142 Å². The van der Waals surface area contributed by atoms with Gasteiger partial charge in [-0.2, -0.15) is 0 Å². The molecule has 24 heavy (non-hydrogen) atoms. The van der Waals surface area contributed by atoms with E-state index in [9.17, 15) is 4.79 Å². The van der Waals surface area contributed by atoms with Gasteiger partial charge in [-0.1, -0.05) is 24.3 Å². The van der Waals surface area contributed by atoms with E-state index in [2.05, 4.69) is 37.4 Å². The Morgan fingerprint density at radius 1 is 1.17 bits per heavy atom. The summed E-state index contributed by atoms with van der Waals surface area (Å²) in [5.74, 6) is 0.800. The molecule has 0 unspecified atom stereocenters. The summed E-state index contributed by atoms with van der Waals surface area (Å²) >= 11 is 0. The molecule has 3 rings (SSSR count). The van der Waals surface area contributed by atoms with Crippen LogP contribution in [0.25, 0.3) is 16.6 Å². The lowest BCUT2D eigenvalue weighted by atomic mass is 10.1. The normalized spacial score (nSPS) is 12.5. The number of benzene rings is 2. The molecule has 1 heterocycles. The van der Waals surface area contributed by atoms with E-state index in [1.807, 2.05) is 38.1 Å². The fraction of sp³-hybridized carbons (Fsp3) is 0.300. The minimum absolute atomic E-state index is 0.000605. The number of nitrogens with zero attached hydrogens (tertiary/aromatic N) is 2. The third-order valence-corrected chi connectivity index (χ3v) is 4.40. The number of quaternary nitrogens is 1. The van der Waals surface area contributed by atoms with Crippen molar-refractivity contribution in [3.8, 4) is 5.69 Å². The van der Waals surface area contributed by atoms with Crippen molar-refractivity contribution in [3.05, 3.63) is 69.8 Å². The Balaban J connectivity index is 2.39. The van der Waals surface area contributed by atoms with Crippen molar-refractivity contribution >= 4 is 10.9 Å². The van der Waals surface area contributed by atoms with Crippen LogP contribution in [0.15, 0.2) is 47.3 Å². The van der Waals surface area contributed by atoms with Crippen LogP contribution in [0.2, 0.25) is 0 Å². The molecule has 0 amide bonds. The molecule has 0 fully saturated rings. The molecular weight excluding hydrogens is 298 g/mol. The van der Waals surface area contributed by atoms with Crippen LogP contribution in [-0.2, 0) is 0 Å². The molecule has 0 aliphatic rings. The predicted molar refractivity (Wildman–Crippen MR) is 97.7 cm³/mol. The summed E-state index contributed by atoms with van der Waals surface area (Å²) in [5.41, 5.74) is 3.89. The largest absolute Gasteiger partial charge is 0.338 e. The molecule has 0 saturated carbocycles. The third-order valence-electron chi connectivity index (χ3n) is 4.40. The molecule has 2 N–H and O–H groups in total. The summed E-state index contributed by atoms with van der Waals surface area (Å²) in [4.78, 5) is 18.1. The van der Waals surface area contributed by atoms with Crippen LogP contribution in [0.5, 0.6) is 0 Å². The Morgan fingerprint density at radius 2 is 1.92 bits per heavy atom. The van der Waals surface area contributed by atoms with Gasteiger partial charge in [-0.05, 0) is 57.0 Å². The van der Waals surface area contributed by atoms with E-state index >= 15 is 0 Å². The topological polar surface area (TPSA) is 51.5 Å². The zero-order valence-electron chi connectivity index (χ0n) is 14.7. The van der Waals surface area contributed by atoms with Crippen molar-refractivity contribution in [2.45, 2.75) is 33.7 Å². The lowest BCUT2D eigenvalue weighted by Gasteiger charge is -2.18. The SMILES string of the molecule is CC[NH2+][C@@H](C)c1nc2ccccc2c(=O)n1-c1cc(C)ccc1C. The van der Waals surface area contributed by atoms with Crippen LogP contribution in [0.1, 0.15) is 36.8 Å². The number of para-hydroxylation sites is 1. The van der Waals surface area contributed by atoms with Gasteiger partial charge in [-0.15, -0.1) is 0 Å². The minimum atomic E-state index is 0.000605. The maximum Gasteiger partial charge on any atom is 0.266 e. The van der Waals surface area contributed by atoms with Gasteiger partial charge < -0.3 is 5.32 Å². The van der Waals surface area contributed by atoms with Crippen LogP contribution in [0.3, 0.4) is 0 Å². The van der Waals surface area contributed by atoms with Crippen LogP contribution < -0.4 is 10.9 Å². The Morgan fingerprint density at radius 3 is 2.67 bits per heavy atom. The predicted octanol–water partition coefficient (Wildman–Crippen LogP) is 2.65. The molecular formula is C20H24N3O+. The molecule has 3 aromatic rings. The van der Waals surface area contributed by atoms with Crippen LogP contribution >= 0.6 is 0 Å². The second-order valence-electron chi connectivity index (χ2n) is 6.35. The standard InChI is InChI=1S/C20H23N3O/c1-5-21-15(4)19-22-17-9-7-6-8-16(17)20(24)23(19)18-12-13(2)10-11-14(18)3/h6-12,15,21H,5H2,1-4H3/p+1/t15-/m0/s1. The van der Waals surface area contributed by atoms with Gasteiger partial charge in [-0.25, -0.2) is 4.98 Å². The Hall–Kier alpha value is -2.46. The first-order chi connectivity index (χ1) is 11.5. The van der Waals surface area contributed by atoms with Crippen molar-refractivity contribution in [3.63, 3.8) is 0 Å². The summed E-state index contributed by atoms with van der Waals surface area (Å²) in [7, 11) is 0. The summed E-state index contributed by atoms with van der Waals surface area (Å²) < 4.78 is 1.79. The molecule has 1 atom stereocenters. The Bertz CT molecular complexity index is 943. The fourth-order valence-corrected chi connectivity index (χ4v) is 3.11. The van der Waals surface area contributed by atoms with Gasteiger partial charge in [0.05, 0.1) is 23.1 Å². The number of aromatic nitrogens is 2. The van der Waals surface area contributed by atoms with Crippen molar-refractivity contribution in [2.24, 2.45) is 0 Å². The number of aryl methyl sites for hydroxylation is 2. The molecule has 0 aliphatic carbocycles. The first-order valence-corrected chi connectivity index (χ1v) is 8.45. The van der Waals surface area contributed by atoms with Gasteiger partial charge >= 0.3 is 0 Å². The van der Waals surface area contributed by atoms with Crippen molar-refractivity contribution < 1.29 is 5.32 Å². The molecule has 0 spiro atoms. The molecule has 0 bridgehead atoms. The van der Waals surface area contributed by atoms with Crippen molar-refractivity contribution in [1.82, 2.24) is 9.55 Å². The molecule has 1 aromatic heterocycles. The molecule has 2 aromatic carbocycles. The molecule has 0 saturated heterocycles. The first-order valence-electron chi connectivity index (χ1n) is 8.45. The van der Waals surface area contributed by atoms with Gasteiger partial charge in [0, 0.05) is 0 Å². The second kappa shape index (κ2) is 6.57. The summed E-state index contributed by atoms with van der Waals surface area (Å²) in [6, 6.07) is 13.9. The number of nitrogens with two attached hydrogens (primary N) is 1. The number of rotatable bonds is 4. The highest BCUT2D eigenvalue weighted by atomic mass is 16.1. The van der Waals surface area contributed by atoms with Crippen molar-refractivity contribution in [1.29, 1.82) is 0 Å². The lowest BCUT2D eigenvalue weighted by molar-refractivity contribution is -0.691. The lowest BCUT2D eigenvalue weighted by Crippen LogP contribution is -2.84.